The third kappa shape index (κ3) is 3.58. The summed E-state index contributed by atoms with van der Waals surface area (Å²) in [5, 5.41) is 14.0. The highest BCUT2D eigenvalue weighted by Gasteiger charge is 2.13. The van der Waals surface area contributed by atoms with E-state index in [2.05, 4.69) is 5.32 Å². The minimum atomic E-state index is -0.381. The minimum absolute atomic E-state index is 0.106. The Morgan fingerprint density at radius 3 is 2.68 bits per heavy atom. The molecule has 19 heavy (non-hydrogen) atoms. The maximum atomic E-state index is 10.7. The van der Waals surface area contributed by atoms with Crippen molar-refractivity contribution in [1.29, 1.82) is 0 Å². The lowest BCUT2D eigenvalue weighted by atomic mass is 10.2. The van der Waals surface area contributed by atoms with Gasteiger partial charge in [-0.2, -0.15) is 0 Å². The summed E-state index contributed by atoms with van der Waals surface area (Å²) < 4.78 is 1.37. The van der Waals surface area contributed by atoms with E-state index in [1.165, 1.54) is 17.4 Å². The number of hydrogen-bond donors (Lipinski definition) is 1. The van der Waals surface area contributed by atoms with E-state index in [9.17, 15) is 10.1 Å². The molecule has 0 bridgehead atoms. The fraction of sp³-hybridized carbons (Fsp3) is 0.167. The molecular formula is C12H10ClIN2O2S. The van der Waals surface area contributed by atoms with Crippen molar-refractivity contribution in [3.05, 3.63) is 53.2 Å². The molecule has 1 aromatic carbocycles. The molecule has 0 aliphatic rings. The van der Waals surface area contributed by atoms with Crippen LogP contribution in [0.3, 0.4) is 0 Å². The molecule has 0 saturated carbocycles. The van der Waals surface area contributed by atoms with Crippen LogP contribution in [0.25, 0.3) is 0 Å². The Morgan fingerprint density at radius 2 is 2.16 bits per heavy atom. The number of thiophene rings is 1. The second-order valence-electron chi connectivity index (χ2n) is 3.93. The molecule has 0 saturated heterocycles. The van der Waals surface area contributed by atoms with Gasteiger partial charge in [0.25, 0.3) is 5.69 Å². The molecule has 0 amide bonds. The average molecular weight is 409 g/mol. The number of nitro groups is 1. The molecule has 1 aromatic heterocycles. The van der Waals surface area contributed by atoms with E-state index in [1.54, 1.807) is 12.1 Å². The van der Waals surface area contributed by atoms with Crippen LogP contribution >= 0.6 is 45.5 Å². The van der Waals surface area contributed by atoms with Crippen molar-refractivity contribution in [2.24, 2.45) is 0 Å². The summed E-state index contributed by atoms with van der Waals surface area (Å²) in [6.45, 7) is 2.02. The third-order valence-corrected chi connectivity index (χ3v) is 4.83. The summed E-state index contributed by atoms with van der Waals surface area (Å²) in [5.41, 5.74) is 0.977. The van der Waals surface area contributed by atoms with Gasteiger partial charge in [0.15, 0.2) is 0 Å². The molecule has 7 heteroatoms. The van der Waals surface area contributed by atoms with E-state index in [1.807, 2.05) is 41.6 Å². The maximum absolute atomic E-state index is 10.7. The summed E-state index contributed by atoms with van der Waals surface area (Å²) in [5.74, 6) is 0. The van der Waals surface area contributed by atoms with Crippen LogP contribution < -0.4 is 5.32 Å². The quantitative estimate of drug-likeness (QED) is 0.436. The van der Waals surface area contributed by atoms with Gasteiger partial charge in [-0.15, -0.1) is 11.3 Å². The Labute approximate surface area is 133 Å². The number of anilines is 1. The zero-order valence-corrected chi connectivity index (χ0v) is 13.6. The largest absolute Gasteiger partial charge is 0.378 e. The lowest BCUT2D eigenvalue weighted by molar-refractivity contribution is -0.385. The monoisotopic (exact) mass is 408 g/mol. The van der Waals surface area contributed by atoms with Crippen LogP contribution in [0.4, 0.5) is 11.4 Å². The number of nitrogens with one attached hydrogen (secondary N) is 1. The predicted molar refractivity (Wildman–Crippen MR) is 87.2 cm³/mol. The van der Waals surface area contributed by atoms with E-state index in [0.29, 0.717) is 3.57 Å². The van der Waals surface area contributed by atoms with Crippen LogP contribution in [0.5, 0.6) is 0 Å². The topological polar surface area (TPSA) is 55.2 Å². The van der Waals surface area contributed by atoms with Gasteiger partial charge in [-0.3, -0.25) is 10.1 Å². The highest BCUT2D eigenvalue weighted by Crippen LogP contribution is 2.30. The first-order valence-electron chi connectivity index (χ1n) is 5.43. The number of nitrogens with zero attached hydrogens (tertiary/aromatic N) is 1. The molecule has 4 nitrogen and oxygen atoms in total. The molecule has 2 aromatic rings. The zero-order valence-electron chi connectivity index (χ0n) is 9.89. The van der Waals surface area contributed by atoms with Gasteiger partial charge in [-0.25, -0.2) is 0 Å². The maximum Gasteiger partial charge on any atom is 0.282 e. The van der Waals surface area contributed by atoms with Crippen molar-refractivity contribution >= 4 is 56.9 Å². The van der Waals surface area contributed by atoms with E-state index in [4.69, 9.17) is 11.6 Å². The summed E-state index contributed by atoms with van der Waals surface area (Å²) in [6, 6.07) is 8.93. The molecular weight excluding hydrogens is 399 g/mol. The second-order valence-corrected chi connectivity index (χ2v) is 6.84. The van der Waals surface area contributed by atoms with Crippen LogP contribution in [-0.2, 0) is 0 Å². The summed E-state index contributed by atoms with van der Waals surface area (Å²) in [6.07, 6.45) is 0. The highest BCUT2D eigenvalue weighted by molar-refractivity contribution is 14.1. The fourth-order valence-corrected chi connectivity index (χ4v) is 3.40. The first-order valence-corrected chi connectivity index (χ1v) is 7.70. The molecule has 0 spiro atoms. The Bertz CT molecular complexity index is 618. The van der Waals surface area contributed by atoms with Crippen molar-refractivity contribution < 1.29 is 4.92 Å². The molecule has 0 radical (unpaired) electrons. The van der Waals surface area contributed by atoms with Gasteiger partial charge in [-0.05, 0) is 53.8 Å². The standard InChI is InChI=1S/C12H10ClIN2O2S/c1-7(11-4-5-12(13)19-11)15-8-2-3-10(16(17)18)9(14)6-8/h2-7,15H,1H3. The molecule has 1 atom stereocenters. The number of nitro benzene ring substituents is 1. The van der Waals surface area contributed by atoms with Crippen LogP contribution in [0.15, 0.2) is 30.3 Å². The van der Waals surface area contributed by atoms with Crippen LogP contribution in [0.1, 0.15) is 17.8 Å². The van der Waals surface area contributed by atoms with Crippen LogP contribution in [0, 0.1) is 13.7 Å². The van der Waals surface area contributed by atoms with Crippen molar-refractivity contribution in [1.82, 2.24) is 0 Å². The number of rotatable bonds is 4. The summed E-state index contributed by atoms with van der Waals surface area (Å²) >= 11 is 9.39. The number of benzene rings is 1. The molecule has 100 valence electrons. The minimum Gasteiger partial charge on any atom is -0.378 e. The first-order chi connectivity index (χ1) is 8.97. The second kappa shape index (κ2) is 6.06. The molecule has 0 aliphatic heterocycles. The van der Waals surface area contributed by atoms with E-state index >= 15 is 0 Å². The average Bonchev–Trinajstić information content (AvgIpc) is 2.75. The van der Waals surface area contributed by atoms with E-state index < -0.39 is 0 Å². The van der Waals surface area contributed by atoms with E-state index in [-0.39, 0.29) is 16.7 Å². The van der Waals surface area contributed by atoms with Crippen molar-refractivity contribution in [2.75, 3.05) is 5.32 Å². The van der Waals surface area contributed by atoms with Gasteiger partial charge in [-0.1, -0.05) is 11.6 Å². The molecule has 1 N–H and O–H groups in total. The van der Waals surface area contributed by atoms with E-state index in [0.717, 1.165) is 14.9 Å². The highest BCUT2D eigenvalue weighted by atomic mass is 127. The first kappa shape index (κ1) is 14.5. The fourth-order valence-electron chi connectivity index (χ4n) is 1.63. The lowest BCUT2D eigenvalue weighted by Gasteiger charge is -2.13. The third-order valence-electron chi connectivity index (χ3n) is 2.55. The van der Waals surface area contributed by atoms with Crippen LogP contribution in [0.2, 0.25) is 4.34 Å². The Morgan fingerprint density at radius 1 is 1.42 bits per heavy atom. The zero-order chi connectivity index (χ0) is 14.0. The van der Waals surface area contributed by atoms with Crippen molar-refractivity contribution in [3.8, 4) is 0 Å². The Kier molecular flexibility index (Phi) is 4.64. The van der Waals surface area contributed by atoms with Crippen LogP contribution in [-0.4, -0.2) is 4.92 Å². The van der Waals surface area contributed by atoms with Gasteiger partial charge in [0, 0.05) is 16.6 Å². The summed E-state index contributed by atoms with van der Waals surface area (Å²) in [7, 11) is 0. The summed E-state index contributed by atoms with van der Waals surface area (Å²) in [4.78, 5) is 11.5. The normalized spacial score (nSPS) is 12.2. The predicted octanol–water partition coefficient (Wildman–Crippen LogP) is 5.09. The molecule has 1 unspecified atom stereocenters. The van der Waals surface area contributed by atoms with Gasteiger partial charge in [0.1, 0.15) is 0 Å². The Hall–Kier alpha value is -0.860. The van der Waals surface area contributed by atoms with Gasteiger partial charge < -0.3 is 5.32 Å². The van der Waals surface area contributed by atoms with Gasteiger partial charge in [0.05, 0.1) is 18.9 Å². The molecule has 0 fully saturated rings. The van der Waals surface area contributed by atoms with Gasteiger partial charge >= 0.3 is 0 Å². The van der Waals surface area contributed by atoms with Crippen molar-refractivity contribution in [2.45, 2.75) is 13.0 Å². The molecule has 1 heterocycles. The smallest absolute Gasteiger partial charge is 0.282 e. The number of hydrogen-bond acceptors (Lipinski definition) is 4. The Balaban J connectivity index is 2.15. The SMILES string of the molecule is CC(Nc1ccc([N+](=O)[O-])c(I)c1)c1ccc(Cl)s1. The van der Waals surface area contributed by atoms with Gasteiger partial charge in [0.2, 0.25) is 0 Å². The number of halogens is 2. The molecule has 0 aliphatic carbocycles. The van der Waals surface area contributed by atoms with Crippen molar-refractivity contribution in [3.63, 3.8) is 0 Å². The lowest BCUT2D eigenvalue weighted by Crippen LogP contribution is -2.05. The molecule has 2 rings (SSSR count).